The quantitative estimate of drug-likeness (QED) is 0.752. The van der Waals surface area contributed by atoms with Gasteiger partial charge in [0.2, 0.25) is 0 Å². The van der Waals surface area contributed by atoms with Gasteiger partial charge in [0.15, 0.2) is 0 Å². The molecule has 0 bridgehead atoms. The van der Waals surface area contributed by atoms with Crippen LogP contribution in [0, 0.1) is 5.41 Å². The van der Waals surface area contributed by atoms with Crippen molar-refractivity contribution < 1.29 is 4.79 Å². The second-order valence-corrected chi connectivity index (χ2v) is 8.67. The van der Waals surface area contributed by atoms with Crippen LogP contribution in [0.1, 0.15) is 18.9 Å². The molecule has 3 aliphatic rings. The topological polar surface area (TPSA) is 39.7 Å². The molecule has 4 heterocycles. The summed E-state index contributed by atoms with van der Waals surface area (Å²) in [7, 11) is 0. The average molecular weight is 383 g/mol. The van der Waals surface area contributed by atoms with Crippen LogP contribution in [-0.2, 0) is 6.42 Å². The van der Waals surface area contributed by atoms with E-state index in [1.165, 1.54) is 11.3 Å². The van der Waals surface area contributed by atoms with Gasteiger partial charge in [-0.05, 0) is 55.7 Å². The lowest BCUT2D eigenvalue weighted by Gasteiger charge is -2.61. The number of benzene rings is 1. The molecule has 5 rings (SSSR count). The Bertz CT molecular complexity index is 873. The van der Waals surface area contributed by atoms with Gasteiger partial charge in [-0.1, -0.05) is 11.6 Å². The van der Waals surface area contributed by atoms with Crippen LogP contribution in [0.3, 0.4) is 0 Å². The summed E-state index contributed by atoms with van der Waals surface area (Å²) in [5.74, 6) is 0. The number of likely N-dealkylation sites (tertiary alicyclic amines) is 1. The van der Waals surface area contributed by atoms with E-state index in [1.54, 1.807) is 6.20 Å². The van der Waals surface area contributed by atoms with Crippen LogP contribution in [0.4, 0.5) is 16.2 Å². The summed E-state index contributed by atoms with van der Waals surface area (Å²) >= 11 is 6.15. The number of amides is 2. The first-order chi connectivity index (χ1) is 13.0. The van der Waals surface area contributed by atoms with Crippen molar-refractivity contribution in [2.75, 3.05) is 36.0 Å². The molecular formula is C21H23ClN4O. The van der Waals surface area contributed by atoms with E-state index < -0.39 is 0 Å². The number of hydrogen-bond acceptors (Lipinski definition) is 3. The van der Waals surface area contributed by atoms with Crippen molar-refractivity contribution in [2.45, 2.75) is 25.8 Å². The van der Waals surface area contributed by atoms with Crippen LogP contribution < -0.4 is 9.80 Å². The number of rotatable bonds is 1. The lowest BCUT2D eigenvalue weighted by atomic mass is 9.72. The first-order valence-electron chi connectivity index (χ1n) is 9.56. The molecule has 5 nitrogen and oxygen atoms in total. The predicted molar refractivity (Wildman–Crippen MR) is 108 cm³/mol. The fraction of sp³-hybridized carbons (Fsp3) is 0.429. The highest BCUT2D eigenvalue weighted by Crippen LogP contribution is 2.43. The van der Waals surface area contributed by atoms with Crippen molar-refractivity contribution in [1.29, 1.82) is 0 Å². The number of nitrogens with zero attached hydrogens (tertiary/aromatic N) is 4. The Morgan fingerprint density at radius 2 is 2.04 bits per heavy atom. The van der Waals surface area contributed by atoms with E-state index in [4.69, 9.17) is 11.6 Å². The normalized spacial score (nSPS) is 22.9. The number of anilines is 2. The number of urea groups is 1. The third kappa shape index (κ3) is 2.76. The first-order valence-corrected chi connectivity index (χ1v) is 9.94. The Labute approximate surface area is 164 Å². The molecule has 27 heavy (non-hydrogen) atoms. The van der Waals surface area contributed by atoms with Gasteiger partial charge in [-0.25, -0.2) is 4.79 Å². The molecule has 2 fully saturated rings. The Hall–Kier alpha value is -2.27. The van der Waals surface area contributed by atoms with Crippen LogP contribution in [0.25, 0.3) is 0 Å². The van der Waals surface area contributed by atoms with Gasteiger partial charge in [-0.15, -0.1) is 0 Å². The van der Waals surface area contributed by atoms with Crippen molar-refractivity contribution in [2.24, 2.45) is 5.41 Å². The molecule has 0 aliphatic carbocycles. The SMILES string of the molecule is CC1CCc2cc(Cl)ccc2N1C(=O)N1CC2(C1)CN(c1cccnc1)C2. The Balaban J connectivity index is 1.26. The standard InChI is InChI=1S/C21H23ClN4O/c1-15-4-5-16-9-17(22)6-7-19(16)26(15)20(27)25-13-21(14-25)11-24(12-21)18-3-2-8-23-10-18/h2-3,6-10,15H,4-5,11-14H2,1H3. The molecule has 3 aliphatic heterocycles. The van der Waals surface area contributed by atoms with E-state index in [-0.39, 0.29) is 17.5 Å². The Morgan fingerprint density at radius 1 is 1.22 bits per heavy atom. The van der Waals surface area contributed by atoms with E-state index >= 15 is 0 Å². The predicted octanol–water partition coefficient (Wildman–Crippen LogP) is 3.82. The number of halogens is 1. The molecule has 1 aromatic heterocycles. The zero-order valence-electron chi connectivity index (χ0n) is 15.4. The van der Waals surface area contributed by atoms with Gasteiger partial charge in [0.1, 0.15) is 0 Å². The summed E-state index contributed by atoms with van der Waals surface area (Å²) in [6, 6.07) is 10.3. The van der Waals surface area contributed by atoms with Crippen molar-refractivity contribution in [3.63, 3.8) is 0 Å². The molecule has 140 valence electrons. The number of aryl methyl sites for hydroxylation is 1. The molecule has 2 saturated heterocycles. The molecule has 1 aromatic carbocycles. The van der Waals surface area contributed by atoms with E-state index in [9.17, 15) is 4.79 Å². The third-order valence-corrected chi connectivity index (χ3v) is 6.40. The van der Waals surface area contributed by atoms with Crippen LogP contribution in [0.5, 0.6) is 0 Å². The Morgan fingerprint density at radius 3 is 2.78 bits per heavy atom. The molecular weight excluding hydrogens is 360 g/mol. The van der Waals surface area contributed by atoms with E-state index in [2.05, 4.69) is 22.9 Å². The molecule has 0 N–H and O–H groups in total. The smallest absolute Gasteiger partial charge is 0.324 e. The summed E-state index contributed by atoms with van der Waals surface area (Å²) in [6.45, 7) is 5.83. The molecule has 0 saturated carbocycles. The van der Waals surface area contributed by atoms with Gasteiger partial charge in [-0.3, -0.25) is 9.88 Å². The maximum atomic E-state index is 13.2. The Kier molecular flexibility index (Phi) is 3.83. The van der Waals surface area contributed by atoms with E-state index in [1.807, 2.05) is 40.3 Å². The van der Waals surface area contributed by atoms with Crippen molar-refractivity contribution in [3.8, 4) is 0 Å². The number of pyridine rings is 1. The zero-order chi connectivity index (χ0) is 18.6. The molecule has 1 atom stereocenters. The minimum absolute atomic E-state index is 0.135. The summed E-state index contributed by atoms with van der Waals surface area (Å²) in [5.41, 5.74) is 3.63. The third-order valence-electron chi connectivity index (χ3n) is 6.17. The lowest BCUT2D eigenvalue weighted by Crippen LogP contribution is -2.74. The minimum Gasteiger partial charge on any atom is -0.369 e. The summed E-state index contributed by atoms with van der Waals surface area (Å²) in [4.78, 5) is 23.7. The number of fused-ring (bicyclic) bond motifs is 1. The monoisotopic (exact) mass is 382 g/mol. The van der Waals surface area contributed by atoms with Gasteiger partial charge in [0.25, 0.3) is 0 Å². The van der Waals surface area contributed by atoms with Gasteiger partial charge in [-0.2, -0.15) is 0 Å². The van der Waals surface area contributed by atoms with E-state index in [0.29, 0.717) is 0 Å². The van der Waals surface area contributed by atoms with E-state index in [0.717, 1.165) is 49.7 Å². The minimum atomic E-state index is 0.135. The highest BCUT2D eigenvalue weighted by atomic mass is 35.5. The van der Waals surface area contributed by atoms with Crippen LogP contribution in [0.15, 0.2) is 42.7 Å². The summed E-state index contributed by atoms with van der Waals surface area (Å²) < 4.78 is 0. The van der Waals surface area contributed by atoms with Crippen LogP contribution in [0.2, 0.25) is 5.02 Å². The average Bonchev–Trinajstić information content (AvgIpc) is 2.60. The van der Waals surface area contributed by atoms with Crippen LogP contribution in [-0.4, -0.2) is 48.1 Å². The van der Waals surface area contributed by atoms with Crippen molar-refractivity contribution >= 4 is 29.0 Å². The maximum absolute atomic E-state index is 13.2. The second-order valence-electron chi connectivity index (χ2n) is 8.24. The maximum Gasteiger partial charge on any atom is 0.324 e. The highest BCUT2D eigenvalue weighted by molar-refractivity contribution is 6.30. The van der Waals surface area contributed by atoms with Gasteiger partial charge < -0.3 is 9.80 Å². The van der Waals surface area contributed by atoms with Gasteiger partial charge in [0.05, 0.1) is 11.9 Å². The summed E-state index contributed by atoms with van der Waals surface area (Å²) in [5, 5.41) is 0.739. The van der Waals surface area contributed by atoms with Gasteiger partial charge >= 0.3 is 6.03 Å². The molecule has 6 heteroatoms. The molecule has 2 aromatic rings. The number of aromatic nitrogens is 1. The fourth-order valence-corrected chi connectivity index (χ4v) is 4.94. The van der Waals surface area contributed by atoms with Gasteiger partial charge in [0, 0.05) is 54.5 Å². The second kappa shape index (κ2) is 6.13. The molecule has 0 radical (unpaired) electrons. The largest absolute Gasteiger partial charge is 0.369 e. The summed E-state index contributed by atoms with van der Waals surface area (Å²) in [6.07, 6.45) is 5.66. The number of carbonyl (C=O) groups excluding carboxylic acids is 1. The highest BCUT2D eigenvalue weighted by Gasteiger charge is 2.54. The molecule has 2 amide bonds. The van der Waals surface area contributed by atoms with Crippen molar-refractivity contribution in [1.82, 2.24) is 9.88 Å². The fourth-order valence-electron chi connectivity index (χ4n) is 4.75. The first kappa shape index (κ1) is 16.9. The lowest BCUT2D eigenvalue weighted by molar-refractivity contribution is 0.00940. The molecule has 1 unspecified atom stereocenters. The zero-order valence-corrected chi connectivity index (χ0v) is 16.2. The molecule has 1 spiro atoms. The number of hydrogen-bond donors (Lipinski definition) is 0. The van der Waals surface area contributed by atoms with Crippen LogP contribution >= 0.6 is 11.6 Å². The van der Waals surface area contributed by atoms with Crippen molar-refractivity contribution in [3.05, 3.63) is 53.3 Å². The number of carbonyl (C=O) groups is 1.